The number of nitrogens with zero attached hydrogens (tertiary/aromatic N) is 2. The van der Waals surface area contributed by atoms with Gasteiger partial charge in [0.25, 0.3) is 11.6 Å². The highest BCUT2D eigenvalue weighted by Crippen LogP contribution is 2.27. The Balaban J connectivity index is 2.27. The first-order chi connectivity index (χ1) is 12.4. The van der Waals surface area contributed by atoms with Gasteiger partial charge < -0.3 is 15.0 Å². The van der Waals surface area contributed by atoms with Crippen LogP contribution in [-0.2, 0) is 6.54 Å². The van der Waals surface area contributed by atoms with Crippen LogP contribution < -0.4 is 10.1 Å². The number of halogens is 1. The van der Waals surface area contributed by atoms with Gasteiger partial charge in [-0.15, -0.1) is 0 Å². The van der Waals surface area contributed by atoms with Crippen LogP contribution in [0.25, 0.3) is 0 Å². The number of carbonyl (C=O) groups is 1. The standard InChI is InChI=1S/C18H20BrN3O4/c1-4-20-15-7-5-12(10-16(15)22(24)25)18(23)21(2)11-13-9-14(19)6-8-17(13)26-3/h5-10,20H,4,11H2,1-3H3. The minimum atomic E-state index is -0.494. The van der Waals surface area contributed by atoms with Crippen LogP contribution in [0.15, 0.2) is 40.9 Å². The SMILES string of the molecule is CCNc1ccc(C(=O)N(C)Cc2cc(Br)ccc2OC)cc1[N+](=O)[O-]. The molecule has 0 bridgehead atoms. The van der Waals surface area contributed by atoms with Crippen LogP contribution in [0.5, 0.6) is 5.75 Å². The van der Waals surface area contributed by atoms with E-state index in [1.807, 2.05) is 25.1 Å². The van der Waals surface area contributed by atoms with E-state index in [1.54, 1.807) is 26.3 Å². The van der Waals surface area contributed by atoms with Gasteiger partial charge in [-0.2, -0.15) is 0 Å². The first-order valence-corrected chi connectivity index (χ1v) is 8.76. The van der Waals surface area contributed by atoms with Gasteiger partial charge in [0.1, 0.15) is 11.4 Å². The van der Waals surface area contributed by atoms with E-state index >= 15 is 0 Å². The third-order valence-electron chi connectivity index (χ3n) is 3.81. The summed E-state index contributed by atoms with van der Waals surface area (Å²) < 4.78 is 6.20. The number of carbonyl (C=O) groups excluding carboxylic acids is 1. The van der Waals surface area contributed by atoms with Crippen molar-refractivity contribution in [3.8, 4) is 5.75 Å². The molecule has 0 saturated heterocycles. The molecule has 0 unspecified atom stereocenters. The molecule has 0 aliphatic carbocycles. The summed E-state index contributed by atoms with van der Waals surface area (Å²) in [4.78, 5) is 25.0. The summed E-state index contributed by atoms with van der Waals surface area (Å²) in [5, 5.41) is 14.2. The van der Waals surface area contributed by atoms with Crippen LogP contribution in [0.2, 0.25) is 0 Å². The first-order valence-electron chi connectivity index (χ1n) is 7.97. The van der Waals surface area contributed by atoms with Crippen LogP contribution >= 0.6 is 15.9 Å². The maximum absolute atomic E-state index is 12.7. The molecule has 2 aromatic rings. The fraction of sp³-hybridized carbons (Fsp3) is 0.278. The molecule has 0 spiro atoms. The number of methoxy groups -OCH3 is 1. The number of nitro groups is 1. The zero-order chi connectivity index (χ0) is 19.3. The van der Waals surface area contributed by atoms with Crippen molar-refractivity contribution in [2.45, 2.75) is 13.5 Å². The van der Waals surface area contributed by atoms with Gasteiger partial charge in [-0.05, 0) is 37.3 Å². The number of hydrogen-bond acceptors (Lipinski definition) is 5. The van der Waals surface area contributed by atoms with E-state index in [2.05, 4.69) is 21.2 Å². The van der Waals surface area contributed by atoms with E-state index in [0.717, 1.165) is 10.0 Å². The largest absolute Gasteiger partial charge is 0.496 e. The zero-order valence-electron chi connectivity index (χ0n) is 14.8. The average molecular weight is 422 g/mol. The van der Waals surface area contributed by atoms with Gasteiger partial charge >= 0.3 is 0 Å². The smallest absolute Gasteiger partial charge is 0.293 e. The number of amides is 1. The van der Waals surface area contributed by atoms with Crippen molar-refractivity contribution < 1.29 is 14.5 Å². The number of hydrogen-bond donors (Lipinski definition) is 1. The molecule has 0 atom stereocenters. The molecule has 0 radical (unpaired) electrons. The molecule has 0 aliphatic rings. The third-order valence-corrected chi connectivity index (χ3v) is 4.30. The fourth-order valence-corrected chi connectivity index (χ4v) is 2.98. The molecule has 0 fully saturated rings. The Morgan fingerprint density at radius 2 is 2.04 bits per heavy atom. The average Bonchev–Trinajstić information content (AvgIpc) is 2.61. The topological polar surface area (TPSA) is 84.7 Å². The Morgan fingerprint density at radius 3 is 2.65 bits per heavy atom. The van der Waals surface area contributed by atoms with E-state index < -0.39 is 4.92 Å². The number of nitrogens with one attached hydrogen (secondary N) is 1. The van der Waals surface area contributed by atoms with Crippen molar-refractivity contribution in [3.63, 3.8) is 0 Å². The lowest BCUT2D eigenvalue weighted by molar-refractivity contribution is -0.384. The van der Waals surface area contributed by atoms with Gasteiger partial charge in [-0.3, -0.25) is 14.9 Å². The molecule has 7 nitrogen and oxygen atoms in total. The quantitative estimate of drug-likeness (QED) is 0.537. The van der Waals surface area contributed by atoms with E-state index in [-0.39, 0.29) is 17.2 Å². The van der Waals surface area contributed by atoms with E-state index in [9.17, 15) is 14.9 Å². The highest BCUT2D eigenvalue weighted by Gasteiger charge is 2.20. The van der Waals surface area contributed by atoms with E-state index in [1.165, 1.54) is 11.0 Å². The van der Waals surface area contributed by atoms with Crippen molar-refractivity contribution in [1.82, 2.24) is 4.90 Å². The summed E-state index contributed by atoms with van der Waals surface area (Å²) in [6.45, 7) is 2.71. The van der Waals surface area contributed by atoms with E-state index in [4.69, 9.17) is 4.74 Å². The lowest BCUT2D eigenvalue weighted by Gasteiger charge is -2.19. The van der Waals surface area contributed by atoms with Gasteiger partial charge in [-0.25, -0.2) is 0 Å². The fourth-order valence-electron chi connectivity index (χ4n) is 2.57. The number of rotatable bonds is 7. The van der Waals surface area contributed by atoms with Crippen LogP contribution in [0, 0.1) is 10.1 Å². The Morgan fingerprint density at radius 1 is 1.31 bits per heavy atom. The van der Waals surface area contributed by atoms with E-state index in [0.29, 0.717) is 24.5 Å². The molecular weight excluding hydrogens is 402 g/mol. The van der Waals surface area contributed by atoms with Crippen molar-refractivity contribution in [2.24, 2.45) is 0 Å². The van der Waals surface area contributed by atoms with Crippen LogP contribution in [0.3, 0.4) is 0 Å². The molecule has 138 valence electrons. The minimum Gasteiger partial charge on any atom is -0.496 e. The normalized spacial score (nSPS) is 10.3. The Hall–Kier alpha value is -2.61. The summed E-state index contributed by atoms with van der Waals surface area (Å²) in [6, 6.07) is 9.99. The molecule has 0 heterocycles. The Kier molecular flexibility index (Phi) is 6.57. The summed E-state index contributed by atoms with van der Waals surface area (Å²) >= 11 is 3.40. The molecule has 1 amide bonds. The van der Waals surface area contributed by atoms with Crippen molar-refractivity contribution in [1.29, 1.82) is 0 Å². The number of benzene rings is 2. The van der Waals surface area contributed by atoms with Gasteiger partial charge in [0.2, 0.25) is 0 Å². The van der Waals surface area contributed by atoms with Gasteiger partial charge in [-0.1, -0.05) is 15.9 Å². The summed E-state index contributed by atoms with van der Waals surface area (Å²) in [5.74, 6) is 0.361. The van der Waals surface area contributed by atoms with Gasteiger partial charge in [0.05, 0.1) is 12.0 Å². The maximum Gasteiger partial charge on any atom is 0.293 e. The first kappa shape index (κ1) is 19.7. The zero-order valence-corrected chi connectivity index (χ0v) is 16.4. The van der Waals surface area contributed by atoms with Gasteiger partial charge in [0.15, 0.2) is 0 Å². The highest BCUT2D eigenvalue weighted by atomic mass is 79.9. The summed E-state index contributed by atoms with van der Waals surface area (Å²) in [6.07, 6.45) is 0. The lowest BCUT2D eigenvalue weighted by Crippen LogP contribution is -2.26. The van der Waals surface area contributed by atoms with Crippen LogP contribution in [-0.4, -0.2) is 36.4 Å². The van der Waals surface area contributed by atoms with Gasteiger partial charge in [0, 0.05) is 41.8 Å². The molecule has 8 heteroatoms. The second kappa shape index (κ2) is 8.66. The van der Waals surface area contributed by atoms with Crippen LogP contribution in [0.4, 0.5) is 11.4 Å². The second-order valence-corrected chi connectivity index (χ2v) is 6.55. The predicted octanol–water partition coefficient (Wildman–Crippen LogP) is 4.07. The van der Waals surface area contributed by atoms with Crippen LogP contribution in [0.1, 0.15) is 22.8 Å². The molecule has 2 rings (SSSR count). The number of nitro benzene ring substituents is 1. The predicted molar refractivity (Wildman–Crippen MR) is 104 cm³/mol. The number of anilines is 1. The van der Waals surface area contributed by atoms with Crippen molar-refractivity contribution >= 4 is 33.2 Å². The molecule has 0 aliphatic heterocycles. The van der Waals surface area contributed by atoms with Crippen molar-refractivity contribution in [2.75, 3.05) is 26.0 Å². The van der Waals surface area contributed by atoms with Crippen molar-refractivity contribution in [3.05, 3.63) is 62.1 Å². The summed E-state index contributed by atoms with van der Waals surface area (Å²) in [7, 11) is 3.21. The highest BCUT2D eigenvalue weighted by molar-refractivity contribution is 9.10. The summed E-state index contributed by atoms with van der Waals surface area (Å²) in [5.41, 5.74) is 1.36. The molecule has 2 aromatic carbocycles. The lowest BCUT2D eigenvalue weighted by atomic mass is 10.1. The third kappa shape index (κ3) is 4.51. The molecule has 1 N–H and O–H groups in total. The number of ether oxygens (including phenoxy) is 1. The Bertz CT molecular complexity index is 826. The maximum atomic E-state index is 12.7. The monoisotopic (exact) mass is 421 g/mol. The molecule has 26 heavy (non-hydrogen) atoms. The Labute approximate surface area is 160 Å². The molecule has 0 aromatic heterocycles. The minimum absolute atomic E-state index is 0.119. The second-order valence-electron chi connectivity index (χ2n) is 5.64. The molecular formula is C18H20BrN3O4. The molecule has 0 saturated carbocycles.